The first-order valence-electron chi connectivity index (χ1n) is 8.45. The van der Waals surface area contributed by atoms with Crippen LogP contribution in [0.1, 0.15) is 26.3 Å². The number of fused-ring (bicyclic) bond motifs is 1. The lowest BCUT2D eigenvalue weighted by Crippen LogP contribution is -2.35. The Hall–Kier alpha value is -3.02. The third kappa shape index (κ3) is 3.79. The molecule has 2 N–H and O–H groups in total. The van der Waals surface area contributed by atoms with Crippen LogP contribution in [-0.2, 0) is 15.0 Å². The summed E-state index contributed by atoms with van der Waals surface area (Å²) in [7, 11) is 0. The summed E-state index contributed by atoms with van der Waals surface area (Å²) in [5, 5.41) is 5.61. The first-order valence-corrected chi connectivity index (χ1v) is 8.45. The van der Waals surface area contributed by atoms with Crippen molar-refractivity contribution in [2.75, 3.05) is 23.8 Å². The van der Waals surface area contributed by atoms with Crippen LogP contribution in [0.25, 0.3) is 0 Å². The van der Waals surface area contributed by atoms with E-state index in [4.69, 9.17) is 9.47 Å². The number of benzene rings is 2. The van der Waals surface area contributed by atoms with Crippen LogP contribution in [0, 0.1) is 0 Å². The van der Waals surface area contributed by atoms with Gasteiger partial charge in [-0.05, 0) is 49.7 Å². The number of amides is 2. The Morgan fingerprint density at radius 2 is 1.58 bits per heavy atom. The zero-order chi connectivity index (χ0) is 18.7. The van der Waals surface area contributed by atoms with Gasteiger partial charge in [-0.2, -0.15) is 0 Å². The molecule has 0 saturated heterocycles. The van der Waals surface area contributed by atoms with Crippen LogP contribution in [-0.4, -0.2) is 25.0 Å². The number of anilines is 2. The van der Waals surface area contributed by atoms with E-state index in [2.05, 4.69) is 10.6 Å². The van der Waals surface area contributed by atoms with Crippen LogP contribution in [0.2, 0.25) is 0 Å². The second-order valence-electron chi connectivity index (χ2n) is 6.70. The monoisotopic (exact) mass is 354 g/mol. The number of carbonyl (C=O) groups excluding carboxylic acids is 2. The van der Waals surface area contributed by atoms with E-state index in [1.165, 1.54) is 6.92 Å². The quantitative estimate of drug-likeness (QED) is 0.883. The van der Waals surface area contributed by atoms with Gasteiger partial charge in [0, 0.05) is 18.3 Å². The maximum absolute atomic E-state index is 12.9. The number of rotatable bonds is 4. The van der Waals surface area contributed by atoms with Crippen LogP contribution in [0.5, 0.6) is 11.5 Å². The molecule has 2 aromatic rings. The maximum Gasteiger partial charge on any atom is 0.234 e. The number of hydrogen-bond acceptors (Lipinski definition) is 4. The van der Waals surface area contributed by atoms with Crippen LogP contribution in [0.3, 0.4) is 0 Å². The minimum absolute atomic E-state index is 0.158. The molecule has 136 valence electrons. The largest absolute Gasteiger partial charge is 0.486 e. The van der Waals surface area contributed by atoms with Gasteiger partial charge < -0.3 is 20.1 Å². The van der Waals surface area contributed by atoms with E-state index in [9.17, 15) is 9.59 Å². The third-order valence-electron chi connectivity index (χ3n) is 4.27. The molecule has 0 aliphatic carbocycles. The van der Waals surface area contributed by atoms with Gasteiger partial charge in [0.15, 0.2) is 11.5 Å². The molecule has 0 saturated carbocycles. The van der Waals surface area contributed by atoms with Crippen molar-refractivity contribution in [3.8, 4) is 11.5 Å². The fourth-order valence-electron chi connectivity index (χ4n) is 2.73. The molecule has 0 unspecified atom stereocenters. The van der Waals surface area contributed by atoms with E-state index >= 15 is 0 Å². The highest BCUT2D eigenvalue weighted by atomic mass is 16.6. The number of ether oxygens (including phenoxy) is 2. The Morgan fingerprint density at radius 1 is 0.923 bits per heavy atom. The zero-order valence-electron chi connectivity index (χ0n) is 15.1. The fraction of sp³-hybridized carbons (Fsp3) is 0.300. The van der Waals surface area contributed by atoms with E-state index in [1.807, 2.05) is 32.0 Å². The summed E-state index contributed by atoms with van der Waals surface area (Å²) in [4.78, 5) is 24.1. The van der Waals surface area contributed by atoms with Crippen molar-refractivity contribution in [2.24, 2.45) is 0 Å². The molecule has 1 aliphatic heterocycles. The molecular weight excluding hydrogens is 332 g/mol. The van der Waals surface area contributed by atoms with Crippen LogP contribution in [0.4, 0.5) is 11.4 Å². The van der Waals surface area contributed by atoms with E-state index in [0.717, 1.165) is 5.56 Å². The lowest BCUT2D eigenvalue weighted by molar-refractivity contribution is -0.120. The Kier molecular flexibility index (Phi) is 4.84. The Morgan fingerprint density at radius 3 is 2.27 bits per heavy atom. The molecule has 0 bridgehead atoms. The van der Waals surface area contributed by atoms with Crippen molar-refractivity contribution in [2.45, 2.75) is 26.2 Å². The summed E-state index contributed by atoms with van der Waals surface area (Å²) in [6.07, 6.45) is 0. The fourth-order valence-corrected chi connectivity index (χ4v) is 2.73. The van der Waals surface area contributed by atoms with E-state index in [-0.39, 0.29) is 11.8 Å². The lowest BCUT2D eigenvalue weighted by Gasteiger charge is -2.26. The number of hydrogen-bond donors (Lipinski definition) is 2. The van der Waals surface area contributed by atoms with Gasteiger partial charge in [-0.15, -0.1) is 0 Å². The summed E-state index contributed by atoms with van der Waals surface area (Å²) in [5.74, 6) is 1.03. The summed E-state index contributed by atoms with van der Waals surface area (Å²) in [6.45, 7) is 6.17. The molecule has 0 fully saturated rings. The molecular formula is C20H22N2O4. The van der Waals surface area contributed by atoms with Crippen molar-refractivity contribution < 1.29 is 19.1 Å². The Bertz CT molecular complexity index is 845. The second kappa shape index (κ2) is 7.07. The number of nitrogens with one attached hydrogen (secondary N) is 2. The first-order chi connectivity index (χ1) is 12.4. The van der Waals surface area contributed by atoms with Crippen molar-refractivity contribution in [1.82, 2.24) is 0 Å². The molecule has 0 radical (unpaired) electrons. The minimum atomic E-state index is -0.778. The van der Waals surface area contributed by atoms with Crippen molar-refractivity contribution >= 4 is 23.2 Å². The van der Waals surface area contributed by atoms with Gasteiger partial charge in [0.1, 0.15) is 13.2 Å². The SMILES string of the molecule is CC(=O)Nc1cccc(NC(=O)C(C)(C)c2ccc3c(c2)OCCO3)c1. The lowest BCUT2D eigenvalue weighted by atomic mass is 9.83. The second-order valence-corrected chi connectivity index (χ2v) is 6.70. The molecule has 0 spiro atoms. The van der Waals surface area contributed by atoms with Gasteiger partial charge in [0.2, 0.25) is 11.8 Å². The topological polar surface area (TPSA) is 76.7 Å². The molecule has 26 heavy (non-hydrogen) atoms. The van der Waals surface area contributed by atoms with Gasteiger partial charge in [-0.1, -0.05) is 12.1 Å². The molecule has 0 atom stereocenters. The van der Waals surface area contributed by atoms with Crippen LogP contribution in [0.15, 0.2) is 42.5 Å². The van der Waals surface area contributed by atoms with E-state index in [0.29, 0.717) is 36.1 Å². The third-order valence-corrected chi connectivity index (χ3v) is 4.27. The summed E-state index contributed by atoms with van der Waals surface area (Å²) < 4.78 is 11.1. The molecule has 6 heteroatoms. The summed E-state index contributed by atoms with van der Waals surface area (Å²) in [5.41, 5.74) is 1.30. The molecule has 3 rings (SSSR count). The van der Waals surface area contributed by atoms with Gasteiger partial charge in [-0.25, -0.2) is 0 Å². The summed E-state index contributed by atoms with van der Waals surface area (Å²) >= 11 is 0. The van der Waals surface area contributed by atoms with E-state index < -0.39 is 5.41 Å². The van der Waals surface area contributed by atoms with Gasteiger partial charge >= 0.3 is 0 Å². The first kappa shape index (κ1) is 17.8. The molecule has 6 nitrogen and oxygen atoms in total. The standard InChI is InChI=1S/C20H22N2O4/c1-13(23)21-15-5-4-6-16(12-15)22-19(24)20(2,3)14-7-8-17-18(11-14)26-10-9-25-17/h4-8,11-12H,9-10H2,1-3H3,(H,21,23)(H,22,24). The highest BCUT2D eigenvalue weighted by Gasteiger charge is 2.31. The smallest absolute Gasteiger partial charge is 0.234 e. The average Bonchev–Trinajstić information content (AvgIpc) is 2.61. The van der Waals surface area contributed by atoms with Gasteiger partial charge in [0.25, 0.3) is 0 Å². The Labute approximate surface area is 152 Å². The number of carbonyl (C=O) groups is 2. The maximum atomic E-state index is 12.9. The van der Waals surface area contributed by atoms with Gasteiger partial charge in [0.05, 0.1) is 5.41 Å². The highest BCUT2D eigenvalue weighted by molar-refractivity contribution is 5.99. The molecule has 0 aromatic heterocycles. The average molecular weight is 354 g/mol. The van der Waals surface area contributed by atoms with Crippen LogP contribution >= 0.6 is 0 Å². The Balaban J connectivity index is 1.79. The molecule has 2 amide bonds. The predicted octanol–water partition coefficient (Wildman–Crippen LogP) is 3.33. The van der Waals surface area contributed by atoms with E-state index in [1.54, 1.807) is 24.3 Å². The molecule has 2 aromatic carbocycles. The molecule has 1 aliphatic rings. The minimum Gasteiger partial charge on any atom is -0.486 e. The van der Waals surface area contributed by atoms with Crippen molar-refractivity contribution in [3.63, 3.8) is 0 Å². The predicted molar refractivity (Wildman–Crippen MR) is 99.8 cm³/mol. The summed E-state index contributed by atoms with van der Waals surface area (Å²) in [6, 6.07) is 12.6. The molecule has 1 heterocycles. The normalized spacial score (nSPS) is 13.0. The van der Waals surface area contributed by atoms with Gasteiger partial charge in [-0.3, -0.25) is 9.59 Å². The zero-order valence-corrected chi connectivity index (χ0v) is 15.1. The van der Waals surface area contributed by atoms with Crippen LogP contribution < -0.4 is 20.1 Å². The highest BCUT2D eigenvalue weighted by Crippen LogP contribution is 2.35. The van der Waals surface area contributed by atoms with Crippen molar-refractivity contribution in [1.29, 1.82) is 0 Å². The van der Waals surface area contributed by atoms with Crippen molar-refractivity contribution in [3.05, 3.63) is 48.0 Å².